The maximum absolute atomic E-state index is 14.8. The quantitative estimate of drug-likeness (QED) is 0.516. The van der Waals surface area contributed by atoms with E-state index >= 15 is 0 Å². The highest BCUT2D eigenvalue weighted by molar-refractivity contribution is 5.87. The van der Waals surface area contributed by atoms with Gasteiger partial charge in [0.05, 0.1) is 0 Å². The van der Waals surface area contributed by atoms with Crippen molar-refractivity contribution in [2.75, 3.05) is 0 Å². The first kappa shape index (κ1) is 17.2. The maximum atomic E-state index is 14.8. The molecule has 0 aliphatic heterocycles. The molecule has 4 aliphatic carbocycles. The monoisotopic (exact) mass is 348 g/mol. The van der Waals surface area contributed by atoms with E-state index in [1.54, 1.807) is 0 Å². The third-order valence-corrected chi connectivity index (χ3v) is 7.59. The number of hydrogen-bond donors (Lipinski definition) is 0. The van der Waals surface area contributed by atoms with Crippen molar-refractivity contribution >= 4 is 11.8 Å². The van der Waals surface area contributed by atoms with E-state index in [0.29, 0.717) is 49.2 Å². The number of allylic oxidation sites excluding steroid dienone is 1. The molecule has 0 heterocycles. The van der Waals surface area contributed by atoms with E-state index in [4.69, 9.17) is 4.74 Å². The van der Waals surface area contributed by atoms with E-state index in [0.717, 1.165) is 32.1 Å². The predicted octanol–water partition coefficient (Wildman–Crippen LogP) is 4.54. The number of rotatable bonds is 1. The molecule has 2 saturated carbocycles. The SMILES string of the molecule is CC(=O)O[C@@H]1CCC2=C(C[C@H](F)C[C@@H]3[C@@H]2CC[C@@]2(C)C(=O)CC[C@H]32)C1. The van der Waals surface area contributed by atoms with Crippen molar-refractivity contribution in [1.82, 2.24) is 0 Å². The number of ketones is 1. The third-order valence-electron chi connectivity index (χ3n) is 7.59. The summed E-state index contributed by atoms with van der Waals surface area (Å²) in [7, 11) is 0. The molecule has 0 unspecified atom stereocenters. The van der Waals surface area contributed by atoms with Gasteiger partial charge in [-0.25, -0.2) is 4.39 Å². The number of halogens is 1. The second kappa shape index (κ2) is 6.21. The normalized spacial score (nSPS) is 43.8. The standard InChI is InChI=1S/C21H29FO3/c1-12(23)25-15-3-4-16-13(10-15)9-14(22)11-18-17(16)7-8-21(2)19(18)5-6-20(21)24/h14-15,17-19H,3-11H2,1-2H3/t14-,15+,17+,18+,19+,21+/m0/s1. The van der Waals surface area contributed by atoms with Crippen molar-refractivity contribution in [3.63, 3.8) is 0 Å². The Bertz CT molecular complexity index is 625. The topological polar surface area (TPSA) is 43.4 Å². The van der Waals surface area contributed by atoms with Gasteiger partial charge in [-0.2, -0.15) is 0 Å². The Kier molecular flexibility index (Phi) is 4.28. The average molecular weight is 348 g/mol. The molecule has 4 rings (SSSR count). The highest BCUT2D eigenvalue weighted by atomic mass is 19.1. The number of alkyl halides is 1. The number of fused-ring (bicyclic) bond motifs is 4. The first-order chi connectivity index (χ1) is 11.9. The van der Waals surface area contributed by atoms with Gasteiger partial charge in [0, 0.05) is 25.2 Å². The molecule has 2 fully saturated rings. The molecule has 4 heteroatoms. The van der Waals surface area contributed by atoms with Gasteiger partial charge in [0.15, 0.2) is 0 Å². The lowest BCUT2D eigenvalue weighted by atomic mass is 9.57. The average Bonchev–Trinajstić information content (AvgIpc) is 2.76. The number of carbonyl (C=O) groups excluding carboxylic acids is 2. The van der Waals surface area contributed by atoms with Crippen LogP contribution in [0.3, 0.4) is 0 Å². The summed E-state index contributed by atoms with van der Waals surface area (Å²) in [6, 6.07) is 0. The molecule has 25 heavy (non-hydrogen) atoms. The largest absolute Gasteiger partial charge is 0.462 e. The summed E-state index contributed by atoms with van der Waals surface area (Å²) < 4.78 is 20.2. The number of esters is 1. The molecule has 0 radical (unpaired) electrons. The van der Waals surface area contributed by atoms with Crippen LogP contribution in [0.15, 0.2) is 11.1 Å². The summed E-state index contributed by atoms with van der Waals surface area (Å²) in [4.78, 5) is 23.7. The molecular weight excluding hydrogens is 319 g/mol. The maximum Gasteiger partial charge on any atom is 0.302 e. The van der Waals surface area contributed by atoms with Gasteiger partial charge in [0.2, 0.25) is 0 Å². The zero-order valence-electron chi connectivity index (χ0n) is 15.4. The van der Waals surface area contributed by atoms with E-state index in [1.165, 1.54) is 18.1 Å². The van der Waals surface area contributed by atoms with Crippen LogP contribution in [0.2, 0.25) is 0 Å². The molecule has 0 saturated heterocycles. The van der Waals surface area contributed by atoms with Crippen molar-refractivity contribution in [2.45, 2.75) is 83.9 Å². The molecule has 0 amide bonds. The van der Waals surface area contributed by atoms with Gasteiger partial charge in [-0.15, -0.1) is 0 Å². The highest BCUT2D eigenvalue weighted by Crippen LogP contribution is 2.59. The summed E-state index contributed by atoms with van der Waals surface area (Å²) in [5.41, 5.74) is 2.46. The van der Waals surface area contributed by atoms with Crippen LogP contribution in [0.4, 0.5) is 4.39 Å². The summed E-state index contributed by atoms with van der Waals surface area (Å²) >= 11 is 0. The second-order valence-corrected chi connectivity index (χ2v) is 8.93. The summed E-state index contributed by atoms with van der Waals surface area (Å²) in [6.07, 6.45) is 6.30. The Morgan fingerprint density at radius 2 is 2.00 bits per heavy atom. The lowest BCUT2D eigenvalue weighted by Crippen LogP contribution is -2.42. The van der Waals surface area contributed by atoms with Gasteiger partial charge in [-0.1, -0.05) is 18.1 Å². The summed E-state index contributed by atoms with van der Waals surface area (Å²) in [5.74, 6) is 1.28. The fraction of sp³-hybridized carbons (Fsp3) is 0.810. The van der Waals surface area contributed by atoms with Crippen LogP contribution in [0.25, 0.3) is 0 Å². The van der Waals surface area contributed by atoms with Gasteiger partial charge in [-0.3, -0.25) is 9.59 Å². The van der Waals surface area contributed by atoms with Crippen LogP contribution < -0.4 is 0 Å². The van der Waals surface area contributed by atoms with Crippen LogP contribution in [-0.4, -0.2) is 24.0 Å². The highest BCUT2D eigenvalue weighted by Gasteiger charge is 2.55. The van der Waals surface area contributed by atoms with Crippen LogP contribution in [0, 0.1) is 23.2 Å². The Labute approximate surface area is 149 Å². The molecule has 4 aliphatic rings. The van der Waals surface area contributed by atoms with Gasteiger partial charge < -0.3 is 4.74 Å². The number of Topliss-reactive ketones (excluding diaryl/α,β-unsaturated/α-hetero) is 1. The minimum Gasteiger partial charge on any atom is -0.462 e. The number of carbonyl (C=O) groups is 2. The van der Waals surface area contributed by atoms with Gasteiger partial charge in [0.25, 0.3) is 0 Å². The smallest absolute Gasteiger partial charge is 0.302 e. The van der Waals surface area contributed by atoms with Crippen molar-refractivity contribution in [1.29, 1.82) is 0 Å². The van der Waals surface area contributed by atoms with Gasteiger partial charge in [0.1, 0.15) is 18.1 Å². The van der Waals surface area contributed by atoms with Crippen LogP contribution >= 0.6 is 0 Å². The molecule has 6 atom stereocenters. The lowest BCUT2D eigenvalue weighted by molar-refractivity contribution is -0.146. The van der Waals surface area contributed by atoms with Gasteiger partial charge >= 0.3 is 5.97 Å². The molecule has 3 nitrogen and oxygen atoms in total. The lowest BCUT2D eigenvalue weighted by Gasteiger charge is -2.46. The Hall–Kier alpha value is -1.19. The molecule has 0 aromatic rings. The minimum absolute atomic E-state index is 0.0816. The van der Waals surface area contributed by atoms with Gasteiger partial charge in [-0.05, 0) is 62.7 Å². The molecule has 0 aromatic carbocycles. The first-order valence-corrected chi connectivity index (χ1v) is 9.94. The molecule has 0 aromatic heterocycles. The number of hydrogen-bond acceptors (Lipinski definition) is 3. The van der Waals surface area contributed by atoms with Crippen LogP contribution in [0.1, 0.15) is 71.6 Å². The van der Waals surface area contributed by atoms with E-state index in [2.05, 4.69) is 6.92 Å². The van der Waals surface area contributed by atoms with E-state index < -0.39 is 6.17 Å². The van der Waals surface area contributed by atoms with E-state index in [9.17, 15) is 14.0 Å². The Morgan fingerprint density at radius 1 is 1.20 bits per heavy atom. The van der Waals surface area contributed by atoms with Crippen molar-refractivity contribution in [3.8, 4) is 0 Å². The third kappa shape index (κ3) is 2.86. The van der Waals surface area contributed by atoms with Crippen LogP contribution in [-0.2, 0) is 14.3 Å². The van der Waals surface area contributed by atoms with E-state index in [-0.39, 0.29) is 17.5 Å². The minimum atomic E-state index is -0.825. The predicted molar refractivity (Wildman–Crippen MR) is 92.6 cm³/mol. The number of ether oxygens (including phenoxy) is 1. The fourth-order valence-corrected chi connectivity index (χ4v) is 6.46. The summed E-state index contributed by atoms with van der Waals surface area (Å²) in [6.45, 7) is 3.58. The molecule has 0 N–H and O–H groups in total. The van der Waals surface area contributed by atoms with E-state index in [1.807, 2.05) is 0 Å². The van der Waals surface area contributed by atoms with Crippen molar-refractivity contribution < 1.29 is 18.7 Å². The zero-order chi connectivity index (χ0) is 17.8. The van der Waals surface area contributed by atoms with Crippen molar-refractivity contribution in [2.24, 2.45) is 23.2 Å². The summed E-state index contributed by atoms with van der Waals surface area (Å²) in [5, 5.41) is 0. The Balaban J connectivity index is 1.62. The Morgan fingerprint density at radius 3 is 2.76 bits per heavy atom. The molecule has 138 valence electrons. The van der Waals surface area contributed by atoms with Crippen LogP contribution in [0.5, 0.6) is 0 Å². The molecule has 0 spiro atoms. The fourth-order valence-electron chi connectivity index (χ4n) is 6.46. The second-order valence-electron chi connectivity index (χ2n) is 8.93. The molecule has 0 bridgehead atoms. The van der Waals surface area contributed by atoms with Crippen molar-refractivity contribution in [3.05, 3.63) is 11.1 Å². The first-order valence-electron chi connectivity index (χ1n) is 9.94. The zero-order valence-corrected chi connectivity index (χ0v) is 15.4. The molecular formula is C21H29FO3.